The van der Waals surface area contributed by atoms with Gasteiger partial charge in [0.15, 0.2) is 0 Å². The molecule has 6 nitrogen and oxygen atoms in total. The molecule has 1 heterocycles. The Balaban J connectivity index is 1.47. The molecule has 0 saturated carbocycles. The molecule has 0 radical (unpaired) electrons. The molecular formula is C25H36N4O2. The number of benzene rings is 2. The summed E-state index contributed by atoms with van der Waals surface area (Å²) < 4.78 is 5.66. The van der Waals surface area contributed by atoms with Gasteiger partial charge in [0.25, 0.3) is 5.91 Å². The van der Waals surface area contributed by atoms with Gasteiger partial charge >= 0.3 is 0 Å². The first-order valence-corrected chi connectivity index (χ1v) is 11.3. The highest BCUT2D eigenvalue weighted by Crippen LogP contribution is 2.23. The molecule has 1 aliphatic heterocycles. The van der Waals surface area contributed by atoms with E-state index in [1.165, 1.54) is 5.69 Å². The molecule has 1 atom stereocenters. The van der Waals surface area contributed by atoms with Crippen LogP contribution in [0.2, 0.25) is 0 Å². The molecule has 2 aromatic carbocycles. The monoisotopic (exact) mass is 424 g/mol. The molecule has 0 spiro atoms. The standard InChI is InChI=1S/C25H36N4O2/c1-4-5-18-31-24-12-6-20(7-13-24)25(30)27-21-8-10-23(11-9-21)29-16-14-22(19-29)26-15-17-28(2)3/h6-13,22,26H,4-5,14-19H2,1-3H3,(H,27,30). The Kier molecular flexibility index (Phi) is 8.74. The van der Waals surface area contributed by atoms with Crippen molar-refractivity contribution in [3.63, 3.8) is 0 Å². The largest absolute Gasteiger partial charge is 0.494 e. The Morgan fingerprint density at radius 3 is 2.55 bits per heavy atom. The zero-order valence-electron chi connectivity index (χ0n) is 19.1. The van der Waals surface area contributed by atoms with E-state index in [1.807, 2.05) is 24.3 Å². The Labute approximate surface area is 186 Å². The van der Waals surface area contributed by atoms with Crippen molar-refractivity contribution in [1.29, 1.82) is 0 Å². The molecule has 1 unspecified atom stereocenters. The van der Waals surface area contributed by atoms with Crippen LogP contribution in [0.4, 0.5) is 11.4 Å². The number of ether oxygens (including phenoxy) is 1. The first-order valence-electron chi connectivity index (χ1n) is 11.3. The van der Waals surface area contributed by atoms with Crippen molar-refractivity contribution in [1.82, 2.24) is 10.2 Å². The molecule has 2 N–H and O–H groups in total. The predicted octanol–water partition coefficient (Wildman–Crippen LogP) is 3.85. The number of likely N-dealkylation sites (N-methyl/N-ethyl adjacent to an activating group) is 1. The summed E-state index contributed by atoms with van der Waals surface area (Å²) in [7, 11) is 4.20. The normalized spacial score (nSPS) is 16.0. The summed E-state index contributed by atoms with van der Waals surface area (Å²) in [5.41, 5.74) is 2.62. The second-order valence-electron chi connectivity index (χ2n) is 8.42. The number of hydrogen-bond donors (Lipinski definition) is 2. The van der Waals surface area contributed by atoms with Gasteiger partial charge in [0.05, 0.1) is 6.61 Å². The van der Waals surface area contributed by atoms with Gasteiger partial charge in [-0.05, 0) is 75.5 Å². The van der Waals surface area contributed by atoms with E-state index in [1.54, 1.807) is 12.1 Å². The number of hydrogen-bond acceptors (Lipinski definition) is 5. The van der Waals surface area contributed by atoms with Crippen LogP contribution in [0.1, 0.15) is 36.5 Å². The minimum Gasteiger partial charge on any atom is -0.494 e. The van der Waals surface area contributed by atoms with Crippen LogP contribution in [0, 0.1) is 0 Å². The maximum atomic E-state index is 12.5. The molecule has 6 heteroatoms. The fraction of sp³-hybridized carbons (Fsp3) is 0.480. The fourth-order valence-corrected chi connectivity index (χ4v) is 3.65. The van der Waals surface area contributed by atoms with Crippen molar-refractivity contribution in [3.05, 3.63) is 54.1 Å². The maximum Gasteiger partial charge on any atom is 0.255 e. The molecule has 1 fully saturated rings. The average molecular weight is 425 g/mol. The highest BCUT2D eigenvalue weighted by atomic mass is 16.5. The van der Waals surface area contributed by atoms with E-state index in [2.05, 4.69) is 53.6 Å². The topological polar surface area (TPSA) is 56.8 Å². The fourth-order valence-electron chi connectivity index (χ4n) is 3.65. The zero-order valence-corrected chi connectivity index (χ0v) is 19.1. The number of anilines is 2. The van der Waals surface area contributed by atoms with E-state index < -0.39 is 0 Å². The van der Waals surface area contributed by atoms with Crippen molar-refractivity contribution in [3.8, 4) is 5.75 Å². The smallest absolute Gasteiger partial charge is 0.255 e. The maximum absolute atomic E-state index is 12.5. The number of amides is 1. The summed E-state index contributed by atoms with van der Waals surface area (Å²) in [6.07, 6.45) is 3.29. The van der Waals surface area contributed by atoms with Gasteiger partial charge in [-0.25, -0.2) is 0 Å². The Hall–Kier alpha value is -2.57. The highest BCUT2D eigenvalue weighted by molar-refractivity contribution is 6.04. The minimum absolute atomic E-state index is 0.112. The first kappa shape index (κ1) is 23.1. The third-order valence-electron chi connectivity index (χ3n) is 5.55. The quantitative estimate of drug-likeness (QED) is 0.537. The van der Waals surface area contributed by atoms with Crippen LogP contribution in [0.5, 0.6) is 5.75 Å². The van der Waals surface area contributed by atoms with E-state index in [9.17, 15) is 4.79 Å². The minimum atomic E-state index is -0.112. The molecular weight excluding hydrogens is 388 g/mol. The number of nitrogens with zero attached hydrogens (tertiary/aromatic N) is 2. The van der Waals surface area contributed by atoms with E-state index in [0.29, 0.717) is 18.2 Å². The molecule has 0 aliphatic carbocycles. The van der Waals surface area contributed by atoms with Crippen LogP contribution in [-0.2, 0) is 0 Å². The first-order chi connectivity index (χ1) is 15.0. The number of unbranched alkanes of at least 4 members (excludes halogenated alkanes) is 1. The third kappa shape index (κ3) is 7.26. The van der Waals surface area contributed by atoms with Gasteiger partial charge in [-0.2, -0.15) is 0 Å². The van der Waals surface area contributed by atoms with Crippen molar-refractivity contribution in [2.75, 3.05) is 57.1 Å². The molecule has 1 amide bonds. The van der Waals surface area contributed by atoms with E-state index in [4.69, 9.17) is 4.74 Å². The van der Waals surface area contributed by atoms with Crippen molar-refractivity contribution >= 4 is 17.3 Å². The molecule has 1 aliphatic rings. The van der Waals surface area contributed by atoms with Gasteiger partial charge < -0.3 is 25.2 Å². The summed E-state index contributed by atoms with van der Waals surface area (Å²) in [6, 6.07) is 16.0. The second kappa shape index (κ2) is 11.7. The van der Waals surface area contributed by atoms with E-state index >= 15 is 0 Å². The van der Waals surface area contributed by atoms with E-state index in [-0.39, 0.29) is 5.91 Å². The Bertz CT molecular complexity index is 805. The molecule has 168 valence electrons. The van der Waals surface area contributed by atoms with Crippen LogP contribution < -0.4 is 20.3 Å². The number of carbonyl (C=O) groups excluding carboxylic acids is 1. The summed E-state index contributed by atoms with van der Waals surface area (Å²) in [4.78, 5) is 17.1. The summed E-state index contributed by atoms with van der Waals surface area (Å²) >= 11 is 0. The van der Waals surface area contributed by atoms with Gasteiger partial charge in [0.1, 0.15) is 5.75 Å². The molecule has 3 rings (SSSR count). The Morgan fingerprint density at radius 2 is 1.87 bits per heavy atom. The van der Waals surface area contributed by atoms with Crippen molar-refractivity contribution in [2.24, 2.45) is 0 Å². The molecule has 2 aromatic rings. The second-order valence-corrected chi connectivity index (χ2v) is 8.42. The molecule has 0 aromatic heterocycles. The lowest BCUT2D eigenvalue weighted by molar-refractivity contribution is 0.102. The SMILES string of the molecule is CCCCOc1ccc(C(=O)Nc2ccc(N3CCC(NCCN(C)C)C3)cc2)cc1. The Morgan fingerprint density at radius 1 is 1.13 bits per heavy atom. The highest BCUT2D eigenvalue weighted by Gasteiger charge is 2.22. The molecule has 0 bridgehead atoms. The van der Waals surface area contributed by atoms with Crippen molar-refractivity contribution in [2.45, 2.75) is 32.2 Å². The number of rotatable bonds is 11. The van der Waals surface area contributed by atoms with Gasteiger partial charge in [-0.1, -0.05) is 13.3 Å². The lowest BCUT2D eigenvalue weighted by atomic mass is 10.2. The number of nitrogens with one attached hydrogen (secondary N) is 2. The predicted molar refractivity (Wildman–Crippen MR) is 128 cm³/mol. The zero-order chi connectivity index (χ0) is 22.1. The van der Waals surface area contributed by atoms with Crippen LogP contribution >= 0.6 is 0 Å². The van der Waals surface area contributed by atoms with Gasteiger partial charge in [-0.15, -0.1) is 0 Å². The van der Waals surface area contributed by atoms with E-state index in [0.717, 1.165) is 56.9 Å². The van der Waals surface area contributed by atoms with Gasteiger partial charge in [-0.3, -0.25) is 4.79 Å². The lowest BCUT2D eigenvalue weighted by Crippen LogP contribution is -2.36. The van der Waals surface area contributed by atoms with Crippen LogP contribution in [0.25, 0.3) is 0 Å². The van der Waals surface area contributed by atoms with Crippen LogP contribution in [0.15, 0.2) is 48.5 Å². The summed E-state index contributed by atoms with van der Waals surface area (Å²) in [5, 5.41) is 6.62. The lowest BCUT2D eigenvalue weighted by Gasteiger charge is -2.20. The number of carbonyl (C=O) groups is 1. The molecule has 1 saturated heterocycles. The third-order valence-corrected chi connectivity index (χ3v) is 5.55. The van der Waals surface area contributed by atoms with Crippen LogP contribution in [-0.4, -0.2) is 63.7 Å². The van der Waals surface area contributed by atoms with Crippen LogP contribution in [0.3, 0.4) is 0 Å². The average Bonchev–Trinajstić information content (AvgIpc) is 3.23. The molecule has 31 heavy (non-hydrogen) atoms. The summed E-state index contributed by atoms with van der Waals surface area (Å²) in [6.45, 7) is 6.99. The van der Waals surface area contributed by atoms with Gasteiger partial charge in [0, 0.05) is 49.2 Å². The van der Waals surface area contributed by atoms with Gasteiger partial charge in [0.2, 0.25) is 0 Å². The van der Waals surface area contributed by atoms with Crippen molar-refractivity contribution < 1.29 is 9.53 Å². The summed E-state index contributed by atoms with van der Waals surface area (Å²) in [5.74, 6) is 0.689.